The Morgan fingerprint density at radius 1 is 1.40 bits per heavy atom. The second kappa shape index (κ2) is 2.86. The SMILES string of the molecule is Cc1coc2cccc(CC3(O)CC3)c12. The Hall–Kier alpha value is -1.28. The Balaban J connectivity index is 2.12. The third-order valence-corrected chi connectivity index (χ3v) is 3.22. The Labute approximate surface area is 88.5 Å². The van der Waals surface area contributed by atoms with Gasteiger partial charge in [-0.05, 0) is 37.0 Å². The first-order chi connectivity index (χ1) is 7.18. The molecule has 1 aliphatic rings. The minimum atomic E-state index is -0.433. The molecule has 0 saturated heterocycles. The van der Waals surface area contributed by atoms with Crippen LogP contribution in [0.3, 0.4) is 0 Å². The van der Waals surface area contributed by atoms with E-state index < -0.39 is 5.60 Å². The van der Waals surface area contributed by atoms with E-state index in [0.717, 1.165) is 30.4 Å². The molecule has 0 spiro atoms. The van der Waals surface area contributed by atoms with Crippen molar-refractivity contribution >= 4 is 11.0 Å². The highest BCUT2D eigenvalue weighted by Crippen LogP contribution is 2.40. The van der Waals surface area contributed by atoms with Crippen molar-refractivity contribution in [2.45, 2.75) is 31.8 Å². The van der Waals surface area contributed by atoms with Crippen LogP contribution in [0.25, 0.3) is 11.0 Å². The summed E-state index contributed by atoms with van der Waals surface area (Å²) >= 11 is 0. The van der Waals surface area contributed by atoms with E-state index >= 15 is 0 Å². The normalized spacial score (nSPS) is 18.3. The van der Waals surface area contributed by atoms with Crippen molar-refractivity contribution in [3.8, 4) is 0 Å². The van der Waals surface area contributed by atoms with Crippen LogP contribution in [0.4, 0.5) is 0 Å². The number of fused-ring (bicyclic) bond motifs is 1. The zero-order valence-corrected chi connectivity index (χ0v) is 8.79. The highest BCUT2D eigenvalue weighted by molar-refractivity contribution is 5.84. The third-order valence-electron chi connectivity index (χ3n) is 3.22. The van der Waals surface area contributed by atoms with Crippen LogP contribution < -0.4 is 0 Å². The molecule has 1 N–H and O–H groups in total. The zero-order valence-electron chi connectivity index (χ0n) is 8.79. The Kier molecular flexibility index (Phi) is 1.71. The summed E-state index contributed by atoms with van der Waals surface area (Å²) in [6.07, 6.45) is 4.40. The summed E-state index contributed by atoms with van der Waals surface area (Å²) in [5.41, 5.74) is 2.86. The van der Waals surface area contributed by atoms with Crippen molar-refractivity contribution in [2.24, 2.45) is 0 Å². The third kappa shape index (κ3) is 1.45. The molecule has 2 nitrogen and oxygen atoms in total. The maximum atomic E-state index is 9.94. The maximum absolute atomic E-state index is 9.94. The molecule has 0 radical (unpaired) electrons. The Bertz CT molecular complexity index is 506. The van der Waals surface area contributed by atoms with Crippen molar-refractivity contribution in [3.63, 3.8) is 0 Å². The van der Waals surface area contributed by atoms with Crippen LogP contribution >= 0.6 is 0 Å². The lowest BCUT2D eigenvalue weighted by molar-refractivity contribution is 0.151. The van der Waals surface area contributed by atoms with E-state index in [9.17, 15) is 5.11 Å². The average Bonchev–Trinajstić information content (AvgIpc) is 2.80. The molecule has 1 heterocycles. The van der Waals surface area contributed by atoms with Crippen LogP contribution in [0.1, 0.15) is 24.0 Å². The number of hydrogen-bond donors (Lipinski definition) is 1. The molecular formula is C13H14O2. The van der Waals surface area contributed by atoms with Crippen LogP contribution in [0.5, 0.6) is 0 Å². The second-order valence-electron chi connectivity index (χ2n) is 4.61. The molecule has 0 aliphatic heterocycles. The summed E-state index contributed by atoms with van der Waals surface area (Å²) in [6.45, 7) is 2.05. The van der Waals surface area contributed by atoms with E-state index in [0.29, 0.717) is 0 Å². The Morgan fingerprint density at radius 2 is 2.20 bits per heavy atom. The molecule has 0 amide bonds. The Morgan fingerprint density at radius 3 is 2.93 bits per heavy atom. The largest absolute Gasteiger partial charge is 0.464 e. The minimum Gasteiger partial charge on any atom is -0.464 e. The first kappa shape index (κ1) is 8.98. The summed E-state index contributed by atoms with van der Waals surface area (Å²) in [6, 6.07) is 6.05. The van der Waals surface area contributed by atoms with Gasteiger partial charge in [0.05, 0.1) is 11.9 Å². The van der Waals surface area contributed by atoms with E-state index in [4.69, 9.17) is 4.42 Å². The number of rotatable bonds is 2. The molecule has 78 valence electrons. The molecule has 2 heteroatoms. The smallest absolute Gasteiger partial charge is 0.134 e. The standard InChI is InChI=1S/C13H14O2/c1-9-8-15-11-4-2-3-10(12(9)11)7-13(14)5-6-13/h2-4,8,14H,5-7H2,1H3. The van der Waals surface area contributed by atoms with Gasteiger partial charge in [0.25, 0.3) is 0 Å². The van der Waals surface area contributed by atoms with Gasteiger partial charge in [-0.3, -0.25) is 0 Å². The van der Waals surface area contributed by atoms with Crippen LogP contribution in [0, 0.1) is 6.92 Å². The van der Waals surface area contributed by atoms with Crippen LogP contribution in [0.2, 0.25) is 0 Å². The van der Waals surface area contributed by atoms with Gasteiger partial charge < -0.3 is 9.52 Å². The molecule has 3 rings (SSSR count). The fraction of sp³-hybridized carbons (Fsp3) is 0.385. The van der Waals surface area contributed by atoms with Gasteiger partial charge >= 0.3 is 0 Å². The lowest BCUT2D eigenvalue weighted by atomic mass is 10.0. The van der Waals surface area contributed by atoms with Gasteiger partial charge in [0.1, 0.15) is 5.58 Å². The molecule has 0 unspecified atom stereocenters. The van der Waals surface area contributed by atoms with Gasteiger partial charge in [0.2, 0.25) is 0 Å². The van der Waals surface area contributed by atoms with Gasteiger partial charge in [-0.15, -0.1) is 0 Å². The molecule has 1 aromatic heterocycles. The van der Waals surface area contributed by atoms with E-state index in [1.54, 1.807) is 6.26 Å². The predicted octanol–water partition coefficient (Wildman–Crippen LogP) is 2.81. The molecule has 2 aromatic rings. The first-order valence-corrected chi connectivity index (χ1v) is 5.36. The number of aliphatic hydroxyl groups is 1. The summed E-state index contributed by atoms with van der Waals surface area (Å²) in [7, 11) is 0. The fourth-order valence-electron chi connectivity index (χ4n) is 2.16. The molecule has 0 bridgehead atoms. The average molecular weight is 202 g/mol. The first-order valence-electron chi connectivity index (χ1n) is 5.36. The maximum Gasteiger partial charge on any atom is 0.134 e. The van der Waals surface area contributed by atoms with E-state index in [-0.39, 0.29) is 0 Å². The second-order valence-corrected chi connectivity index (χ2v) is 4.61. The van der Waals surface area contributed by atoms with Gasteiger partial charge in [-0.25, -0.2) is 0 Å². The van der Waals surface area contributed by atoms with E-state index in [1.165, 1.54) is 10.9 Å². The molecule has 1 aliphatic carbocycles. The fourth-order valence-corrected chi connectivity index (χ4v) is 2.16. The molecule has 0 atom stereocenters. The summed E-state index contributed by atoms with van der Waals surface area (Å²) in [4.78, 5) is 0. The van der Waals surface area contributed by atoms with Crippen LogP contribution in [0.15, 0.2) is 28.9 Å². The minimum absolute atomic E-state index is 0.433. The van der Waals surface area contributed by atoms with Gasteiger partial charge in [-0.1, -0.05) is 12.1 Å². The zero-order chi connectivity index (χ0) is 10.5. The van der Waals surface area contributed by atoms with Crippen LogP contribution in [-0.2, 0) is 6.42 Å². The molecule has 1 fully saturated rings. The van der Waals surface area contributed by atoms with Gasteiger partial charge in [-0.2, -0.15) is 0 Å². The predicted molar refractivity (Wildman–Crippen MR) is 58.8 cm³/mol. The number of hydrogen-bond acceptors (Lipinski definition) is 2. The summed E-state index contributed by atoms with van der Waals surface area (Å²) in [5, 5.41) is 11.1. The van der Waals surface area contributed by atoms with Crippen molar-refractivity contribution in [3.05, 3.63) is 35.6 Å². The van der Waals surface area contributed by atoms with E-state index in [1.807, 2.05) is 19.1 Å². The molecule has 1 aromatic carbocycles. The highest BCUT2D eigenvalue weighted by atomic mass is 16.3. The molecule has 15 heavy (non-hydrogen) atoms. The van der Waals surface area contributed by atoms with Crippen molar-refractivity contribution in [1.29, 1.82) is 0 Å². The number of aryl methyl sites for hydroxylation is 1. The summed E-state index contributed by atoms with van der Waals surface area (Å²) < 4.78 is 5.44. The molecule has 1 saturated carbocycles. The van der Waals surface area contributed by atoms with Crippen molar-refractivity contribution in [2.75, 3.05) is 0 Å². The van der Waals surface area contributed by atoms with Gasteiger partial charge in [0, 0.05) is 11.8 Å². The highest BCUT2D eigenvalue weighted by Gasteiger charge is 2.40. The summed E-state index contributed by atoms with van der Waals surface area (Å²) in [5.74, 6) is 0. The van der Waals surface area contributed by atoms with Crippen molar-refractivity contribution in [1.82, 2.24) is 0 Å². The van der Waals surface area contributed by atoms with Crippen molar-refractivity contribution < 1.29 is 9.52 Å². The lowest BCUT2D eigenvalue weighted by Gasteiger charge is -2.08. The lowest BCUT2D eigenvalue weighted by Crippen LogP contribution is -2.10. The number of furan rings is 1. The van der Waals surface area contributed by atoms with Crippen LogP contribution in [-0.4, -0.2) is 10.7 Å². The molecular weight excluding hydrogens is 188 g/mol. The topological polar surface area (TPSA) is 33.4 Å². The van der Waals surface area contributed by atoms with E-state index in [2.05, 4.69) is 6.07 Å². The van der Waals surface area contributed by atoms with Gasteiger partial charge in [0.15, 0.2) is 0 Å². The monoisotopic (exact) mass is 202 g/mol. The quantitative estimate of drug-likeness (QED) is 0.812. The number of benzene rings is 1.